The number of anilines is 1. The van der Waals surface area contributed by atoms with Crippen LogP contribution >= 0.6 is 0 Å². The summed E-state index contributed by atoms with van der Waals surface area (Å²) in [6.07, 6.45) is 1.94. The van der Waals surface area contributed by atoms with Crippen molar-refractivity contribution < 1.29 is 27.2 Å². The monoisotopic (exact) mass is 459 g/mol. The van der Waals surface area contributed by atoms with Gasteiger partial charge >= 0.3 is 0 Å². The molecule has 0 aromatic heterocycles. The van der Waals surface area contributed by atoms with E-state index in [1.54, 1.807) is 0 Å². The van der Waals surface area contributed by atoms with Crippen LogP contribution in [0.4, 0.5) is 5.69 Å². The molecule has 32 heavy (non-hydrogen) atoms. The van der Waals surface area contributed by atoms with E-state index in [2.05, 4.69) is 10.6 Å². The molecular formula is C22H25N3O6S. The quantitative estimate of drug-likeness (QED) is 0.202. The Morgan fingerprint density at radius 1 is 1.09 bits per heavy atom. The van der Waals surface area contributed by atoms with Gasteiger partial charge in [0.15, 0.2) is 11.5 Å². The van der Waals surface area contributed by atoms with Crippen LogP contribution in [0.5, 0.6) is 11.5 Å². The summed E-state index contributed by atoms with van der Waals surface area (Å²) in [4.78, 5) is 12.0. The van der Waals surface area contributed by atoms with E-state index in [1.165, 1.54) is 18.3 Å². The smallest absolute Gasteiger partial charge is 0.294 e. The first kappa shape index (κ1) is 24.7. The molecule has 2 aromatic rings. The number of nitrogens with zero attached hydrogens (tertiary/aromatic N) is 1. The van der Waals surface area contributed by atoms with Gasteiger partial charge in [-0.25, -0.2) is 0 Å². The Labute approximate surface area is 187 Å². The second-order valence-electron chi connectivity index (χ2n) is 6.47. The molecule has 0 spiro atoms. The molecule has 3 N–H and O–H groups in total. The average molecular weight is 460 g/mol. The minimum absolute atomic E-state index is 0.148. The molecule has 0 saturated carbocycles. The van der Waals surface area contributed by atoms with E-state index in [0.717, 1.165) is 17.7 Å². The second-order valence-corrected chi connectivity index (χ2v) is 7.90. The summed E-state index contributed by atoms with van der Waals surface area (Å²) in [5, 5.41) is 14.7. The lowest BCUT2D eigenvalue weighted by molar-refractivity contribution is -0.112. The summed E-state index contributed by atoms with van der Waals surface area (Å²) < 4.78 is 42.3. The third kappa shape index (κ3) is 7.30. The lowest BCUT2D eigenvalue weighted by Crippen LogP contribution is -2.18. The molecule has 0 fully saturated rings. The Bertz CT molecular complexity index is 1110. The van der Waals surface area contributed by atoms with Gasteiger partial charge in [0, 0.05) is 18.4 Å². The molecule has 9 nitrogen and oxygen atoms in total. The van der Waals surface area contributed by atoms with Gasteiger partial charge in [-0.15, -0.1) is 0 Å². The van der Waals surface area contributed by atoms with Crippen molar-refractivity contribution in [1.82, 2.24) is 5.32 Å². The summed E-state index contributed by atoms with van der Waals surface area (Å²) in [6.45, 7) is 5.32. The van der Waals surface area contributed by atoms with Crippen LogP contribution in [-0.2, 0) is 21.3 Å². The molecule has 0 atom stereocenters. The van der Waals surface area contributed by atoms with E-state index in [9.17, 15) is 18.5 Å². The number of nitrogens with one attached hydrogen (secondary N) is 2. The maximum absolute atomic E-state index is 12.3. The molecule has 0 aliphatic rings. The largest absolute Gasteiger partial charge is 0.490 e. The summed E-state index contributed by atoms with van der Waals surface area (Å²) in [6, 6.07) is 12.4. The third-order valence-electron chi connectivity index (χ3n) is 4.19. The number of carbonyl (C=O) groups is 1. The Morgan fingerprint density at radius 2 is 1.75 bits per heavy atom. The highest BCUT2D eigenvalue weighted by molar-refractivity contribution is 7.85. The highest BCUT2D eigenvalue weighted by atomic mass is 32.2. The molecule has 1 amide bonds. The van der Waals surface area contributed by atoms with Gasteiger partial charge in [-0.3, -0.25) is 9.35 Å². The van der Waals surface area contributed by atoms with Gasteiger partial charge in [-0.1, -0.05) is 6.07 Å². The van der Waals surface area contributed by atoms with Crippen molar-refractivity contribution in [2.75, 3.05) is 25.1 Å². The highest BCUT2D eigenvalue weighted by Gasteiger charge is 2.12. The van der Waals surface area contributed by atoms with Gasteiger partial charge in [0.1, 0.15) is 11.6 Å². The van der Waals surface area contributed by atoms with E-state index < -0.39 is 16.0 Å². The maximum Gasteiger partial charge on any atom is 0.294 e. The van der Waals surface area contributed by atoms with Crippen molar-refractivity contribution in [3.8, 4) is 17.6 Å². The summed E-state index contributed by atoms with van der Waals surface area (Å²) >= 11 is 0. The number of amides is 1. The predicted octanol–water partition coefficient (Wildman–Crippen LogP) is 2.91. The van der Waals surface area contributed by atoms with Gasteiger partial charge in [-0.2, -0.15) is 13.7 Å². The molecule has 0 aliphatic carbocycles. The zero-order chi connectivity index (χ0) is 23.6. The topological polar surface area (TPSA) is 138 Å². The van der Waals surface area contributed by atoms with Crippen LogP contribution in [0.1, 0.15) is 19.4 Å². The first-order chi connectivity index (χ1) is 15.3. The van der Waals surface area contributed by atoms with E-state index in [4.69, 9.17) is 14.0 Å². The molecule has 2 aromatic carbocycles. The first-order valence-electron chi connectivity index (χ1n) is 9.89. The Kier molecular flexibility index (Phi) is 9.07. The van der Waals surface area contributed by atoms with Crippen LogP contribution < -0.4 is 20.1 Å². The molecule has 10 heteroatoms. The van der Waals surface area contributed by atoms with E-state index in [1.807, 2.05) is 38.1 Å². The molecule has 0 unspecified atom stereocenters. The SMILES string of the molecule is CCOc1ccc(CCN/C=C(/C#N)C(=O)Nc2ccc(S(=O)(=O)O)cc2)cc1OCC. The fourth-order valence-corrected chi connectivity index (χ4v) is 3.18. The van der Waals surface area contributed by atoms with E-state index in [0.29, 0.717) is 37.7 Å². The number of rotatable bonds is 11. The number of hydrogen-bond donors (Lipinski definition) is 3. The van der Waals surface area contributed by atoms with Crippen LogP contribution in [0.2, 0.25) is 0 Å². The van der Waals surface area contributed by atoms with Crippen molar-refractivity contribution in [3.05, 3.63) is 59.8 Å². The summed E-state index contributed by atoms with van der Waals surface area (Å²) in [5.74, 6) is 0.692. The number of benzene rings is 2. The summed E-state index contributed by atoms with van der Waals surface area (Å²) in [7, 11) is -4.32. The van der Waals surface area contributed by atoms with E-state index >= 15 is 0 Å². The number of nitriles is 1. The Morgan fingerprint density at radius 3 is 2.34 bits per heavy atom. The van der Waals surface area contributed by atoms with Crippen molar-refractivity contribution in [2.45, 2.75) is 25.2 Å². The lowest BCUT2D eigenvalue weighted by atomic mass is 10.1. The fourth-order valence-electron chi connectivity index (χ4n) is 2.70. The van der Waals surface area contributed by atoms with Gasteiger partial charge in [0.25, 0.3) is 16.0 Å². The van der Waals surface area contributed by atoms with Gasteiger partial charge in [0.2, 0.25) is 0 Å². The normalized spacial score (nSPS) is 11.4. The van der Waals surface area contributed by atoms with Gasteiger partial charge in [-0.05, 0) is 62.2 Å². The van der Waals surface area contributed by atoms with Crippen molar-refractivity contribution in [2.24, 2.45) is 0 Å². The highest BCUT2D eigenvalue weighted by Crippen LogP contribution is 2.28. The Hall–Kier alpha value is -3.55. The van der Waals surface area contributed by atoms with E-state index in [-0.39, 0.29) is 16.2 Å². The lowest BCUT2D eigenvalue weighted by Gasteiger charge is -2.12. The predicted molar refractivity (Wildman–Crippen MR) is 119 cm³/mol. The van der Waals surface area contributed by atoms with Crippen LogP contribution in [0, 0.1) is 11.3 Å². The minimum Gasteiger partial charge on any atom is -0.490 e. The molecule has 2 rings (SSSR count). The molecule has 0 saturated heterocycles. The van der Waals surface area contributed by atoms with Crippen LogP contribution in [0.3, 0.4) is 0 Å². The maximum atomic E-state index is 12.3. The molecule has 0 aliphatic heterocycles. The van der Waals surface area contributed by atoms with Gasteiger partial charge in [0.05, 0.1) is 18.1 Å². The second kappa shape index (κ2) is 11.7. The van der Waals surface area contributed by atoms with Crippen molar-refractivity contribution in [3.63, 3.8) is 0 Å². The van der Waals surface area contributed by atoms with Crippen molar-refractivity contribution >= 4 is 21.7 Å². The molecule has 0 heterocycles. The minimum atomic E-state index is -4.32. The average Bonchev–Trinajstić information content (AvgIpc) is 2.75. The molecular weight excluding hydrogens is 434 g/mol. The first-order valence-corrected chi connectivity index (χ1v) is 11.3. The zero-order valence-corrected chi connectivity index (χ0v) is 18.6. The number of hydrogen-bond acceptors (Lipinski definition) is 7. The van der Waals surface area contributed by atoms with Crippen LogP contribution in [0.25, 0.3) is 0 Å². The summed E-state index contributed by atoms with van der Waals surface area (Å²) in [5.41, 5.74) is 1.13. The Balaban J connectivity index is 1.94. The van der Waals surface area contributed by atoms with Crippen molar-refractivity contribution in [1.29, 1.82) is 5.26 Å². The molecule has 0 radical (unpaired) electrons. The fraction of sp³-hybridized carbons (Fsp3) is 0.273. The zero-order valence-electron chi connectivity index (χ0n) is 17.8. The standard InChI is InChI=1S/C22H25N3O6S/c1-3-30-20-10-5-16(13-21(20)31-4-2)11-12-24-15-17(14-23)22(26)25-18-6-8-19(9-7-18)32(27,28)29/h5-10,13,15,24H,3-4,11-12H2,1-2H3,(H,25,26)(H,27,28,29)/b17-15-. The third-order valence-corrected chi connectivity index (χ3v) is 5.06. The number of ether oxygens (including phenoxy) is 2. The number of carbonyl (C=O) groups excluding carboxylic acids is 1. The van der Waals surface area contributed by atoms with Crippen LogP contribution in [-0.4, -0.2) is 38.6 Å². The molecule has 0 bridgehead atoms. The van der Waals surface area contributed by atoms with Crippen LogP contribution in [0.15, 0.2) is 59.1 Å². The molecule has 170 valence electrons. The van der Waals surface area contributed by atoms with Gasteiger partial charge < -0.3 is 20.1 Å².